The Morgan fingerprint density at radius 1 is 1.67 bits per heavy atom. The molecule has 1 amide bonds. The first-order valence-electron chi connectivity index (χ1n) is 4.89. The van der Waals surface area contributed by atoms with Crippen LogP contribution in [0.3, 0.4) is 0 Å². The van der Waals surface area contributed by atoms with Crippen LogP contribution in [-0.2, 0) is 11.3 Å². The topological polar surface area (TPSA) is 62.5 Å². The van der Waals surface area contributed by atoms with Crippen molar-refractivity contribution in [3.63, 3.8) is 0 Å². The maximum absolute atomic E-state index is 11.5. The highest BCUT2D eigenvalue weighted by molar-refractivity contribution is 7.15. The number of thiazole rings is 1. The maximum Gasteiger partial charge on any atom is 0.237 e. The number of carbonyl (C=O) groups is 1. The molecule has 6 heteroatoms. The predicted octanol–water partition coefficient (Wildman–Crippen LogP) is 0.347. The highest BCUT2D eigenvalue weighted by atomic mass is 32.1. The fourth-order valence-electron chi connectivity index (χ4n) is 1.66. The third-order valence-corrected chi connectivity index (χ3v) is 3.23. The molecule has 0 radical (unpaired) electrons. The number of hydrogen-bond donors (Lipinski definition) is 1. The Kier molecular flexibility index (Phi) is 2.88. The number of rotatable bonds is 3. The Morgan fingerprint density at radius 2 is 2.47 bits per heavy atom. The molecule has 1 aromatic rings. The summed E-state index contributed by atoms with van der Waals surface area (Å²) in [6, 6.07) is 0. The van der Waals surface area contributed by atoms with Gasteiger partial charge in [-0.2, -0.15) is 0 Å². The summed E-state index contributed by atoms with van der Waals surface area (Å²) < 4.78 is 0. The van der Waals surface area contributed by atoms with Crippen LogP contribution in [0, 0.1) is 0 Å². The Morgan fingerprint density at radius 3 is 3.00 bits per heavy atom. The van der Waals surface area contributed by atoms with Gasteiger partial charge in [0.1, 0.15) is 0 Å². The Labute approximate surface area is 92.5 Å². The maximum atomic E-state index is 11.5. The van der Waals surface area contributed by atoms with Crippen molar-refractivity contribution in [1.82, 2.24) is 14.8 Å². The average Bonchev–Trinajstić information content (AvgIpc) is 2.73. The summed E-state index contributed by atoms with van der Waals surface area (Å²) in [5, 5.41) is 0.586. The molecule has 0 bridgehead atoms. The molecule has 2 rings (SSSR count). The second-order valence-electron chi connectivity index (χ2n) is 3.54. The third kappa shape index (κ3) is 2.27. The van der Waals surface area contributed by atoms with Crippen molar-refractivity contribution in [2.75, 3.05) is 25.5 Å². The van der Waals surface area contributed by atoms with E-state index in [0.29, 0.717) is 18.3 Å². The van der Waals surface area contributed by atoms with Gasteiger partial charge in [-0.1, -0.05) is 0 Å². The number of carbonyl (C=O) groups excluding carboxylic acids is 1. The number of aromatic nitrogens is 1. The monoisotopic (exact) mass is 226 g/mol. The quantitative estimate of drug-likeness (QED) is 0.807. The van der Waals surface area contributed by atoms with Gasteiger partial charge in [0.15, 0.2) is 5.13 Å². The van der Waals surface area contributed by atoms with Crippen molar-refractivity contribution >= 4 is 22.4 Å². The molecule has 1 saturated heterocycles. The number of nitrogens with zero attached hydrogens (tertiary/aromatic N) is 3. The lowest BCUT2D eigenvalue weighted by molar-refractivity contribution is -0.126. The highest BCUT2D eigenvalue weighted by Gasteiger charge is 2.26. The fraction of sp³-hybridized carbons (Fsp3) is 0.556. The first-order chi connectivity index (χ1) is 7.19. The van der Waals surface area contributed by atoms with Crippen molar-refractivity contribution in [1.29, 1.82) is 0 Å². The molecule has 1 fully saturated rings. The third-order valence-electron chi connectivity index (χ3n) is 2.41. The summed E-state index contributed by atoms with van der Waals surface area (Å²) >= 11 is 1.48. The van der Waals surface area contributed by atoms with Crippen LogP contribution in [0.25, 0.3) is 0 Å². The van der Waals surface area contributed by atoms with E-state index >= 15 is 0 Å². The van der Waals surface area contributed by atoms with Gasteiger partial charge in [0.25, 0.3) is 0 Å². The van der Waals surface area contributed by atoms with Gasteiger partial charge in [0.2, 0.25) is 5.91 Å². The number of likely N-dealkylation sites (N-methyl/N-ethyl adjacent to an activating group) is 1. The highest BCUT2D eigenvalue weighted by Crippen LogP contribution is 2.18. The van der Waals surface area contributed by atoms with Crippen molar-refractivity contribution in [3.05, 3.63) is 11.1 Å². The molecule has 0 aromatic carbocycles. The van der Waals surface area contributed by atoms with E-state index in [2.05, 4.69) is 9.88 Å². The minimum atomic E-state index is 0.204. The zero-order chi connectivity index (χ0) is 10.8. The average molecular weight is 226 g/mol. The number of amides is 1. The molecule has 15 heavy (non-hydrogen) atoms. The second-order valence-corrected chi connectivity index (χ2v) is 4.69. The van der Waals surface area contributed by atoms with Crippen molar-refractivity contribution < 1.29 is 4.79 Å². The van der Waals surface area contributed by atoms with E-state index in [1.807, 2.05) is 11.8 Å². The van der Waals surface area contributed by atoms with Gasteiger partial charge in [-0.15, -0.1) is 11.3 Å². The van der Waals surface area contributed by atoms with Crippen LogP contribution in [0.4, 0.5) is 5.13 Å². The molecule has 0 spiro atoms. The molecule has 5 nitrogen and oxygen atoms in total. The Balaban J connectivity index is 1.94. The zero-order valence-electron chi connectivity index (χ0n) is 8.64. The lowest BCUT2D eigenvalue weighted by atomic mass is 10.5. The van der Waals surface area contributed by atoms with E-state index in [-0.39, 0.29) is 5.91 Å². The van der Waals surface area contributed by atoms with Crippen LogP contribution in [-0.4, -0.2) is 40.4 Å². The number of hydrogen-bond acceptors (Lipinski definition) is 5. The summed E-state index contributed by atoms with van der Waals surface area (Å²) in [5.41, 5.74) is 5.55. The number of nitrogen functional groups attached to an aromatic ring is 1. The summed E-state index contributed by atoms with van der Waals surface area (Å²) in [7, 11) is 0. The van der Waals surface area contributed by atoms with Gasteiger partial charge < -0.3 is 10.6 Å². The van der Waals surface area contributed by atoms with Gasteiger partial charge in [-0.25, -0.2) is 4.98 Å². The fourth-order valence-corrected chi connectivity index (χ4v) is 2.39. The molecular formula is C9H14N4OS. The van der Waals surface area contributed by atoms with Crippen LogP contribution in [0.5, 0.6) is 0 Å². The summed E-state index contributed by atoms with van der Waals surface area (Å²) in [4.78, 5) is 20.5. The van der Waals surface area contributed by atoms with Gasteiger partial charge >= 0.3 is 0 Å². The molecule has 1 aliphatic heterocycles. The molecule has 1 aromatic heterocycles. The van der Waals surface area contributed by atoms with Crippen LogP contribution < -0.4 is 5.73 Å². The molecular weight excluding hydrogens is 212 g/mol. The van der Waals surface area contributed by atoms with Gasteiger partial charge in [0, 0.05) is 24.2 Å². The molecule has 1 aliphatic rings. The zero-order valence-corrected chi connectivity index (χ0v) is 9.46. The molecule has 82 valence electrons. The Hall–Kier alpha value is -1.14. The number of anilines is 1. The van der Waals surface area contributed by atoms with Crippen LogP contribution in [0.1, 0.15) is 11.8 Å². The van der Waals surface area contributed by atoms with E-state index < -0.39 is 0 Å². The van der Waals surface area contributed by atoms with Crippen molar-refractivity contribution in [3.8, 4) is 0 Å². The minimum absolute atomic E-state index is 0.204. The lowest BCUT2D eigenvalue weighted by Gasteiger charge is -2.14. The molecule has 0 aliphatic carbocycles. The first-order valence-corrected chi connectivity index (χ1v) is 5.71. The Bertz CT molecular complexity index is 365. The number of nitrogens with two attached hydrogens (primary N) is 1. The molecule has 2 N–H and O–H groups in total. The van der Waals surface area contributed by atoms with Crippen LogP contribution in [0.15, 0.2) is 6.20 Å². The van der Waals surface area contributed by atoms with Crippen molar-refractivity contribution in [2.45, 2.75) is 13.5 Å². The van der Waals surface area contributed by atoms with E-state index in [1.165, 1.54) is 11.3 Å². The smallest absolute Gasteiger partial charge is 0.237 e. The van der Waals surface area contributed by atoms with Crippen LogP contribution in [0.2, 0.25) is 0 Å². The van der Waals surface area contributed by atoms with Gasteiger partial charge in [-0.05, 0) is 6.92 Å². The van der Waals surface area contributed by atoms with Gasteiger partial charge in [0.05, 0.1) is 13.2 Å². The summed E-state index contributed by atoms with van der Waals surface area (Å²) in [6.07, 6.45) is 1.78. The van der Waals surface area contributed by atoms with E-state index in [0.717, 1.165) is 18.0 Å². The molecule has 2 heterocycles. The predicted molar refractivity (Wildman–Crippen MR) is 59.2 cm³/mol. The molecule has 0 saturated carbocycles. The SMILES string of the molecule is CCN1CN(Cc2cnc(N)s2)CC1=O. The van der Waals surface area contributed by atoms with Crippen LogP contribution >= 0.6 is 11.3 Å². The first kappa shape index (κ1) is 10.4. The largest absolute Gasteiger partial charge is 0.375 e. The standard InChI is InChI=1S/C9H14N4OS/c1-2-13-6-12(5-8(13)14)4-7-3-11-9(10)15-7/h3H,2,4-6H2,1H3,(H2,10,11). The second kappa shape index (κ2) is 4.16. The lowest BCUT2D eigenvalue weighted by Crippen LogP contribution is -2.26. The van der Waals surface area contributed by atoms with Crippen molar-refractivity contribution in [2.24, 2.45) is 0 Å². The van der Waals surface area contributed by atoms with E-state index in [9.17, 15) is 4.79 Å². The summed E-state index contributed by atoms with van der Waals surface area (Å²) in [5.74, 6) is 0.204. The van der Waals surface area contributed by atoms with E-state index in [1.54, 1.807) is 6.20 Å². The molecule has 0 atom stereocenters. The minimum Gasteiger partial charge on any atom is -0.375 e. The van der Waals surface area contributed by atoms with E-state index in [4.69, 9.17) is 5.73 Å². The normalized spacial score (nSPS) is 17.7. The van der Waals surface area contributed by atoms with Gasteiger partial charge in [-0.3, -0.25) is 9.69 Å². The summed E-state index contributed by atoms with van der Waals surface area (Å²) in [6.45, 7) is 4.75. The molecule has 0 unspecified atom stereocenters.